The third-order valence-corrected chi connectivity index (χ3v) is 1.30. The normalized spacial score (nSPS) is 31.9. The summed E-state index contributed by atoms with van der Waals surface area (Å²) in [5, 5.41) is 0. The van der Waals surface area contributed by atoms with Gasteiger partial charge in [0.1, 0.15) is 0 Å². The van der Waals surface area contributed by atoms with Gasteiger partial charge in [0.2, 0.25) is 0 Å². The van der Waals surface area contributed by atoms with E-state index in [9.17, 15) is 0 Å². The second-order valence-corrected chi connectivity index (χ2v) is 2.08. The monoisotopic (exact) mass is 116 g/mol. The van der Waals surface area contributed by atoms with E-state index in [1.807, 2.05) is 0 Å². The molecule has 0 N–H and O–H groups in total. The van der Waals surface area contributed by atoms with Crippen LogP contribution < -0.4 is 0 Å². The molecule has 0 amide bonds. The zero-order valence-electron chi connectivity index (χ0n) is 5.22. The molecule has 0 saturated carbocycles. The molecular formula is C6H12O2. The summed E-state index contributed by atoms with van der Waals surface area (Å²) in [6, 6.07) is 0. The van der Waals surface area contributed by atoms with E-state index < -0.39 is 0 Å². The lowest BCUT2D eigenvalue weighted by Gasteiger charge is -2.04. The zero-order chi connectivity index (χ0) is 5.82. The summed E-state index contributed by atoms with van der Waals surface area (Å²) in [4.78, 5) is 0. The van der Waals surface area contributed by atoms with Crippen molar-refractivity contribution in [3.8, 4) is 0 Å². The van der Waals surface area contributed by atoms with E-state index in [4.69, 9.17) is 9.47 Å². The number of rotatable bonds is 0. The molecule has 0 aromatic heterocycles. The van der Waals surface area contributed by atoms with E-state index in [-0.39, 0.29) is 0 Å². The van der Waals surface area contributed by atoms with Gasteiger partial charge in [-0.3, -0.25) is 0 Å². The quantitative estimate of drug-likeness (QED) is 0.466. The second kappa shape index (κ2) is 3.05. The molecule has 1 aliphatic rings. The predicted molar refractivity (Wildman–Crippen MR) is 30.8 cm³/mol. The molecule has 2 nitrogen and oxygen atoms in total. The summed E-state index contributed by atoms with van der Waals surface area (Å²) >= 11 is 0. The molecule has 0 spiro atoms. The van der Waals surface area contributed by atoms with Crippen molar-refractivity contribution in [3.05, 3.63) is 0 Å². The van der Waals surface area contributed by atoms with Gasteiger partial charge >= 0.3 is 0 Å². The van der Waals surface area contributed by atoms with Crippen molar-refractivity contribution < 1.29 is 9.47 Å². The summed E-state index contributed by atoms with van der Waals surface area (Å²) in [6.07, 6.45) is 1.44. The number of hydrogen-bond acceptors (Lipinski definition) is 2. The van der Waals surface area contributed by atoms with Gasteiger partial charge in [-0.25, -0.2) is 0 Å². The Morgan fingerprint density at radius 1 is 1.25 bits per heavy atom. The average molecular weight is 116 g/mol. The van der Waals surface area contributed by atoms with Crippen molar-refractivity contribution in [2.75, 3.05) is 19.8 Å². The zero-order valence-corrected chi connectivity index (χ0v) is 5.22. The van der Waals surface area contributed by atoms with Crippen LogP contribution in [0.5, 0.6) is 0 Å². The van der Waals surface area contributed by atoms with Crippen LogP contribution in [0.1, 0.15) is 13.3 Å². The summed E-state index contributed by atoms with van der Waals surface area (Å²) in [7, 11) is 0. The largest absolute Gasteiger partial charge is 0.379 e. The highest BCUT2D eigenvalue weighted by Gasteiger charge is 2.04. The van der Waals surface area contributed by atoms with Crippen LogP contribution in [0.2, 0.25) is 0 Å². The first kappa shape index (κ1) is 6.05. The van der Waals surface area contributed by atoms with Crippen molar-refractivity contribution in [1.29, 1.82) is 0 Å². The van der Waals surface area contributed by atoms with Crippen LogP contribution in [-0.4, -0.2) is 25.9 Å². The minimum absolute atomic E-state index is 0.400. The van der Waals surface area contributed by atoms with Crippen molar-refractivity contribution >= 4 is 0 Å². The van der Waals surface area contributed by atoms with Crippen molar-refractivity contribution in [2.24, 2.45) is 0 Å². The van der Waals surface area contributed by atoms with Gasteiger partial charge in [0.05, 0.1) is 19.3 Å². The molecule has 1 saturated heterocycles. The van der Waals surface area contributed by atoms with Gasteiger partial charge in [-0.1, -0.05) is 0 Å². The molecule has 0 bridgehead atoms. The Morgan fingerprint density at radius 3 is 3.00 bits per heavy atom. The molecule has 2 heteroatoms. The molecule has 48 valence electrons. The lowest BCUT2D eigenvalue weighted by molar-refractivity contribution is 0.0643. The molecule has 0 radical (unpaired) electrons. The second-order valence-electron chi connectivity index (χ2n) is 2.08. The fourth-order valence-corrected chi connectivity index (χ4v) is 0.743. The minimum Gasteiger partial charge on any atom is -0.379 e. The molecular weight excluding hydrogens is 104 g/mol. The minimum atomic E-state index is 0.400. The number of hydrogen-bond donors (Lipinski definition) is 0. The first-order chi connectivity index (χ1) is 3.89. The van der Waals surface area contributed by atoms with Gasteiger partial charge < -0.3 is 9.47 Å². The van der Waals surface area contributed by atoms with Crippen molar-refractivity contribution in [2.45, 2.75) is 19.4 Å². The maximum absolute atomic E-state index is 5.28. The van der Waals surface area contributed by atoms with Crippen LogP contribution in [0.3, 0.4) is 0 Å². The molecule has 1 aliphatic heterocycles. The topological polar surface area (TPSA) is 18.5 Å². The number of ether oxygens (including phenoxy) is 2. The van der Waals surface area contributed by atoms with Gasteiger partial charge in [0, 0.05) is 6.61 Å². The molecule has 1 rings (SSSR count). The van der Waals surface area contributed by atoms with Gasteiger partial charge in [0.25, 0.3) is 0 Å². The van der Waals surface area contributed by atoms with E-state index in [0.717, 1.165) is 26.2 Å². The summed E-state index contributed by atoms with van der Waals surface area (Å²) in [5.74, 6) is 0. The fourth-order valence-electron chi connectivity index (χ4n) is 0.743. The van der Waals surface area contributed by atoms with Crippen molar-refractivity contribution in [1.82, 2.24) is 0 Å². The van der Waals surface area contributed by atoms with Crippen LogP contribution in [0.25, 0.3) is 0 Å². The van der Waals surface area contributed by atoms with Crippen LogP contribution in [-0.2, 0) is 9.47 Å². The van der Waals surface area contributed by atoms with Crippen molar-refractivity contribution in [3.63, 3.8) is 0 Å². The first-order valence-electron chi connectivity index (χ1n) is 3.09. The van der Waals surface area contributed by atoms with E-state index in [0.29, 0.717) is 6.10 Å². The standard InChI is InChI=1S/C6H12O2/c1-6-2-3-7-4-5-8-6/h6H,2-5H2,1H3. The van der Waals surface area contributed by atoms with Gasteiger partial charge in [0.15, 0.2) is 0 Å². The van der Waals surface area contributed by atoms with Crippen LogP contribution >= 0.6 is 0 Å². The Kier molecular flexibility index (Phi) is 2.30. The maximum atomic E-state index is 5.28. The molecule has 0 aromatic carbocycles. The van der Waals surface area contributed by atoms with Gasteiger partial charge in [-0.15, -0.1) is 0 Å². The smallest absolute Gasteiger partial charge is 0.0704 e. The van der Waals surface area contributed by atoms with E-state index in [2.05, 4.69) is 6.92 Å². The van der Waals surface area contributed by atoms with E-state index in [1.165, 1.54) is 0 Å². The van der Waals surface area contributed by atoms with E-state index >= 15 is 0 Å². The lowest BCUT2D eigenvalue weighted by Crippen LogP contribution is -2.06. The molecule has 0 aromatic rings. The molecule has 8 heavy (non-hydrogen) atoms. The average Bonchev–Trinajstić information content (AvgIpc) is 1.94. The Labute approximate surface area is 49.8 Å². The molecule has 0 aliphatic carbocycles. The Bertz CT molecular complexity index is 55.5. The molecule has 1 unspecified atom stereocenters. The fraction of sp³-hybridized carbons (Fsp3) is 1.00. The van der Waals surface area contributed by atoms with Gasteiger partial charge in [-0.2, -0.15) is 0 Å². The van der Waals surface area contributed by atoms with Crippen LogP contribution in [0.15, 0.2) is 0 Å². The predicted octanol–water partition coefficient (Wildman–Crippen LogP) is 0.812. The summed E-state index contributed by atoms with van der Waals surface area (Å²) in [5.41, 5.74) is 0. The first-order valence-corrected chi connectivity index (χ1v) is 3.09. The third-order valence-electron chi connectivity index (χ3n) is 1.30. The molecule has 1 fully saturated rings. The highest BCUT2D eigenvalue weighted by Crippen LogP contribution is 2.01. The SMILES string of the molecule is CC1CCOCCO1. The van der Waals surface area contributed by atoms with E-state index in [1.54, 1.807) is 0 Å². The Morgan fingerprint density at radius 2 is 2.12 bits per heavy atom. The van der Waals surface area contributed by atoms with Crippen LogP contribution in [0.4, 0.5) is 0 Å². The Hall–Kier alpha value is -0.0800. The summed E-state index contributed by atoms with van der Waals surface area (Å²) < 4.78 is 10.4. The maximum Gasteiger partial charge on any atom is 0.0704 e. The van der Waals surface area contributed by atoms with Gasteiger partial charge in [-0.05, 0) is 13.3 Å². The van der Waals surface area contributed by atoms with Crippen LogP contribution in [0, 0.1) is 0 Å². The Balaban J connectivity index is 2.17. The molecule has 1 heterocycles. The third kappa shape index (κ3) is 1.80. The lowest BCUT2D eigenvalue weighted by atomic mass is 10.3. The summed E-state index contributed by atoms with van der Waals surface area (Å²) in [6.45, 7) is 4.47. The molecule has 1 atom stereocenters. The highest BCUT2D eigenvalue weighted by molar-refractivity contribution is 4.51. The highest BCUT2D eigenvalue weighted by atomic mass is 16.5.